The number of fused-ring (bicyclic) bond motifs is 1. The van der Waals surface area contributed by atoms with Gasteiger partial charge in [0.1, 0.15) is 13.2 Å². The number of nitrogens with zero attached hydrogens (tertiary/aromatic N) is 2. The summed E-state index contributed by atoms with van der Waals surface area (Å²) in [4.78, 5) is 16.7. The lowest BCUT2D eigenvalue weighted by atomic mass is 10.1. The molecule has 0 aliphatic carbocycles. The summed E-state index contributed by atoms with van der Waals surface area (Å²) >= 11 is 1.29. The van der Waals surface area contributed by atoms with Crippen LogP contribution in [0.2, 0.25) is 0 Å². The number of amides is 1. The van der Waals surface area contributed by atoms with Crippen LogP contribution in [0, 0.1) is 0 Å². The summed E-state index contributed by atoms with van der Waals surface area (Å²) in [6.07, 6.45) is 0. The Morgan fingerprint density at radius 1 is 1.18 bits per heavy atom. The molecule has 144 valence electrons. The minimum absolute atomic E-state index is 0.0848. The average Bonchev–Trinajstić information content (AvgIpc) is 3.22. The van der Waals surface area contributed by atoms with Crippen molar-refractivity contribution >= 4 is 17.7 Å². The second-order valence-corrected chi connectivity index (χ2v) is 7.26. The molecular weight excluding hydrogens is 376 g/mol. The minimum Gasteiger partial charge on any atom is -0.486 e. The van der Waals surface area contributed by atoms with Gasteiger partial charge in [-0.25, -0.2) is 4.98 Å². The van der Waals surface area contributed by atoms with Crippen LogP contribution in [0.1, 0.15) is 18.5 Å². The lowest BCUT2D eigenvalue weighted by molar-refractivity contribution is -0.119. The molecule has 2 N–H and O–H groups in total. The highest BCUT2D eigenvalue weighted by Gasteiger charge is 2.16. The van der Waals surface area contributed by atoms with Crippen molar-refractivity contribution in [1.29, 1.82) is 0 Å². The maximum atomic E-state index is 12.3. The van der Waals surface area contributed by atoms with E-state index in [0.717, 1.165) is 16.9 Å². The molecular formula is C20H20N4O3S. The molecule has 0 radical (unpaired) electrons. The lowest BCUT2D eigenvalue weighted by Gasteiger charge is -2.21. The fraction of sp³-hybridized carbons (Fsp3) is 0.250. The van der Waals surface area contributed by atoms with Crippen LogP contribution in [0.5, 0.6) is 11.5 Å². The Kier molecular flexibility index (Phi) is 5.48. The quantitative estimate of drug-likeness (QED) is 0.622. The van der Waals surface area contributed by atoms with Crippen molar-refractivity contribution < 1.29 is 14.3 Å². The highest BCUT2D eigenvalue weighted by Crippen LogP contribution is 2.32. The van der Waals surface area contributed by atoms with E-state index < -0.39 is 0 Å². The number of benzene rings is 2. The molecule has 0 fully saturated rings. The van der Waals surface area contributed by atoms with Crippen LogP contribution in [0.25, 0.3) is 11.4 Å². The number of H-pyrrole nitrogens is 1. The molecule has 1 aliphatic rings. The van der Waals surface area contributed by atoms with Crippen LogP contribution in [0.4, 0.5) is 0 Å². The highest BCUT2D eigenvalue weighted by molar-refractivity contribution is 7.99. The predicted molar refractivity (Wildman–Crippen MR) is 107 cm³/mol. The van der Waals surface area contributed by atoms with Crippen LogP contribution in [0.3, 0.4) is 0 Å². The van der Waals surface area contributed by atoms with E-state index in [4.69, 9.17) is 9.47 Å². The number of thioether (sulfide) groups is 1. The first-order chi connectivity index (χ1) is 13.7. The zero-order chi connectivity index (χ0) is 19.3. The van der Waals surface area contributed by atoms with Gasteiger partial charge in [0.05, 0.1) is 11.8 Å². The van der Waals surface area contributed by atoms with E-state index in [2.05, 4.69) is 20.5 Å². The van der Waals surface area contributed by atoms with E-state index in [1.807, 2.05) is 55.5 Å². The van der Waals surface area contributed by atoms with Gasteiger partial charge in [-0.05, 0) is 24.6 Å². The Morgan fingerprint density at radius 2 is 1.96 bits per heavy atom. The number of carbonyl (C=O) groups is 1. The summed E-state index contributed by atoms with van der Waals surface area (Å²) < 4.78 is 11.1. The molecule has 1 aliphatic heterocycles. The summed E-state index contributed by atoms with van der Waals surface area (Å²) in [5.41, 5.74) is 1.92. The molecule has 0 saturated carbocycles. The second-order valence-electron chi connectivity index (χ2n) is 6.31. The molecule has 1 amide bonds. The number of nitrogens with one attached hydrogen (secondary N) is 2. The maximum Gasteiger partial charge on any atom is 0.230 e. The first-order valence-electron chi connectivity index (χ1n) is 8.98. The van der Waals surface area contributed by atoms with Gasteiger partial charge < -0.3 is 14.8 Å². The Labute approximate surface area is 166 Å². The van der Waals surface area contributed by atoms with Crippen LogP contribution < -0.4 is 14.8 Å². The topological polar surface area (TPSA) is 89.1 Å². The number of aromatic nitrogens is 3. The zero-order valence-electron chi connectivity index (χ0n) is 15.3. The van der Waals surface area contributed by atoms with Gasteiger partial charge in [0.15, 0.2) is 17.3 Å². The van der Waals surface area contributed by atoms with Crippen LogP contribution in [0.15, 0.2) is 53.7 Å². The van der Waals surface area contributed by atoms with Crippen molar-refractivity contribution in [2.45, 2.75) is 18.1 Å². The van der Waals surface area contributed by atoms with E-state index in [0.29, 0.717) is 29.9 Å². The molecule has 8 heteroatoms. The number of hydrogen-bond acceptors (Lipinski definition) is 6. The molecule has 1 unspecified atom stereocenters. The Morgan fingerprint density at radius 3 is 2.79 bits per heavy atom. The summed E-state index contributed by atoms with van der Waals surface area (Å²) in [5.74, 6) is 2.30. The SMILES string of the molecule is CC(NC(=O)CSc1n[nH]c(-c2ccccc2)n1)c1ccc2c(c1)OCCO2. The molecule has 2 heterocycles. The van der Waals surface area contributed by atoms with Crippen LogP contribution >= 0.6 is 11.8 Å². The second kappa shape index (κ2) is 8.35. The van der Waals surface area contributed by atoms with E-state index >= 15 is 0 Å². The minimum atomic E-state index is -0.143. The maximum absolute atomic E-state index is 12.3. The summed E-state index contributed by atoms with van der Waals surface area (Å²) in [7, 11) is 0. The van der Waals surface area contributed by atoms with E-state index in [9.17, 15) is 4.79 Å². The molecule has 1 aromatic heterocycles. The molecule has 1 atom stereocenters. The molecule has 4 rings (SSSR count). The molecule has 0 spiro atoms. The average molecular weight is 396 g/mol. The fourth-order valence-corrected chi connectivity index (χ4v) is 3.47. The highest BCUT2D eigenvalue weighted by atomic mass is 32.2. The monoisotopic (exact) mass is 396 g/mol. The van der Waals surface area contributed by atoms with Crippen LogP contribution in [-0.4, -0.2) is 40.1 Å². The third-order valence-electron chi connectivity index (χ3n) is 4.29. The van der Waals surface area contributed by atoms with Gasteiger partial charge >= 0.3 is 0 Å². The zero-order valence-corrected chi connectivity index (χ0v) is 16.2. The van der Waals surface area contributed by atoms with Crippen molar-refractivity contribution in [2.24, 2.45) is 0 Å². The van der Waals surface area contributed by atoms with Gasteiger partial charge in [-0.15, -0.1) is 5.10 Å². The predicted octanol–water partition coefficient (Wildman–Crippen LogP) is 3.21. The van der Waals surface area contributed by atoms with Crippen molar-refractivity contribution in [2.75, 3.05) is 19.0 Å². The number of carbonyl (C=O) groups excluding carboxylic acids is 1. The largest absolute Gasteiger partial charge is 0.486 e. The van der Waals surface area contributed by atoms with Crippen molar-refractivity contribution in [3.05, 3.63) is 54.1 Å². The van der Waals surface area contributed by atoms with Gasteiger partial charge in [0.25, 0.3) is 0 Å². The molecule has 28 heavy (non-hydrogen) atoms. The number of rotatable bonds is 6. The standard InChI is InChI=1S/C20H20N4O3S/c1-13(15-7-8-16-17(11-15)27-10-9-26-16)21-18(25)12-28-20-22-19(23-24-20)14-5-3-2-4-6-14/h2-8,11,13H,9-10,12H2,1H3,(H,21,25)(H,22,23,24). The van der Waals surface area contributed by atoms with Crippen molar-refractivity contribution in [3.63, 3.8) is 0 Å². The third kappa shape index (κ3) is 4.28. The van der Waals surface area contributed by atoms with Crippen LogP contribution in [-0.2, 0) is 4.79 Å². The molecule has 7 nitrogen and oxygen atoms in total. The van der Waals surface area contributed by atoms with Gasteiger partial charge in [-0.1, -0.05) is 48.2 Å². The number of ether oxygens (including phenoxy) is 2. The smallest absolute Gasteiger partial charge is 0.230 e. The first kappa shape index (κ1) is 18.4. The van der Waals surface area contributed by atoms with Gasteiger partial charge in [-0.3, -0.25) is 9.89 Å². The van der Waals surface area contributed by atoms with E-state index in [-0.39, 0.29) is 17.7 Å². The normalized spacial score (nSPS) is 13.8. The number of hydrogen-bond donors (Lipinski definition) is 2. The molecule has 2 aromatic carbocycles. The van der Waals surface area contributed by atoms with Gasteiger partial charge in [-0.2, -0.15) is 0 Å². The molecule has 3 aromatic rings. The molecule has 0 bridgehead atoms. The van der Waals surface area contributed by atoms with Crippen molar-refractivity contribution in [3.8, 4) is 22.9 Å². The lowest BCUT2D eigenvalue weighted by Crippen LogP contribution is -2.28. The van der Waals surface area contributed by atoms with E-state index in [1.54, 1.807) is 0 Å². The summed E-state index contributed by atoms with van der Waals surface area (Å²) in [5, 5.41) is 10.6. The Balaban J connectivity index is 1.31. The van der Waals surface area contributed by atoms with E-state index in [1.165, 1.54) is 11.8 Å². The molecule has 0 saturated heterocycles. The Bertz CT molecular complexity index is 961. The summed E-state index contributed by atoms with van der Waals surface area (Å²) in [6, 6.07) is 15.3. The Hall–Kier alpha value is -3.00. The first-order valence-corrected chi connectivity index (χ1v) is 9.97. The third-order valence-corrected chi connectivity index (χ3v) is 5.14. The van der Waals surface area contributed by atoms with Gasteiger partial charge in [0.2, 0.25) is 11.1 Å². The summed E-state index contributed by atoms with van der Waals surface area (Å²) in [6.45, 7) is 3.03. The fourth-order valence-electron chi connectivity index (χ4n) is 2.86. The van der Waals surface area contributed by atoms with Gasteiger partial charge in [0, 0.05) is 5.56 Å². The number of aromatic amines is 1. The van der Waals surface area contributed by atoms with Crippen molar-refractivity contribution in [1.82, 2.24) is 20.5 Å².